The van der Waals surface area contributed by atoms with Crippen LogP contribution in [0.4, 0.5) is 24.8 Å². The Labute approximate surface area is 123 Å². The molecule has 1 heterocycles. The van der Waals surface area contributed by atoms with E-state index in [1.54, 1.807) is 6.07 Å². The fourth-order valence-corrected chi connectivity index (χ4v) is 1.21. The number of hydrogen-bond donors (Lipinski definition) is 4. The minimum Gasteiger partial charge on any atom is -0.383 e. The van der Waals surface area contributed by atoms with E-state index in [4.69, 9.17) is 24.4 Å². The quantitative estimate of drug-likeness (QED) is 0.265. The predicted molar refractivity (Wildman–Crippen MR) is 73.4 cm³/mol. The van der Waals surface area contributed by atoms with Crippen LogP contribution < -0.4 is 16.8 Å². The molecule has 0 aliphatic carbocycles. The fraction of sp³-hybridized carbons (Fsp3) is 0.500. The van der Waals surface area contributed by atoms with Crippen LogP contribution in [0.15, 0.2) is 11.2 Å². The number of rotatable bonds is 4. The van der Waals surface area contributed by atoms with Crippen LogP contribution in [0, 0.1) is 0 Å². The van der Waals surface area contributed by atoms with Crippen LogP contribution in [-0.4, -0.2) is 47.8 Å². The summed E-state index contributed by atoms with van der Waals surface area (Å²) < 4.78 is 57.5. The van der Waals surface area contributed by atoms with Gasteiger partial charge in [-0.3, -0.25) is 4.55 Å². The molecule has 21 heavy (non-hydrogen) atoms. The van der Waals surface area contributed by atoms with Gasteiger partial charge in [-0.05, 0) is 6.26 Å². The average molecular weight is 349 g/mol. The maximum absolute atomic E-state index is 10.7. The van der Waals surface area contributed by atoms with Crippen molar-refractivity contribution >= 4 is 33.5 Å². The second-order valence-corrected chi connectivity index (χ2v) is 5.49. The zero-order chi connectivity index (χ0) is 16.7. The van der Waals surface area contributed by atoms with Gasteiger partial charge in [0.2, 0.25) is 0 Å². The molecule has 0 aliphatic rings. The van der Waals surface area contributed by atoms with Crippen molar-refractivity contribution in [1.82, 2.24) is 9.97 Å². The van der Waals surface area contributed by atoms with Crippen molar-refractivity contribution in [3.63, 3.8) is 0 Å². The van der Waals surface area contributed by atoms with E-state index in [0.29, 0.717) is 24.1 Å². The van der Waals surface area contributed by atoms with Gasteiger partial charge in [0, 0.05) is 19.2 Å². The van der Waals surface area contributed by atoms with Crippen molar-refractivity contribution in [1.29, 1.82) is 0 Å². The van der Waals surface area contributed by atoms with Crippen LogP contribution in [0.1, 0.15) is 0 Å². The molecule has 1 aromatic rings. The molecular formula is C8H14F3N5O3S2. The van der Waals surface area contributed by atoms with E-state index in [1.165, 1.54) is 11.8 Å². The van der Waals surface area contributed by atoms with Crippen LogP contribution in [0.3, 0.4) is 0 Å². The molecule has 0 fully saturated rings. The lowest BCUT2D eigenvalue weighted by Gasteiger charge is -2.05. The highest BCUT2D eigenvalue weighted by atomic mass is 32.2. The van der Waals surface area contributed by atoms with Crippen LogP contribution in [0.25, 0.3) is 0 Å². The Bertz CT molecular complexity index is 553. The number of hydrogen-bond acceptors (Lipinski definition) is 8. The monoisotopic (exact) mass is 349 g/mol. The van der Waals surface area contributed by atoms with Crippen LogP contribution in [-0.2, 0) is 10.1 Å². The number of nitrogens with zero attached hydrogens (tertiary/aromatic N) is 2. The molecule has 6 N–H and O–H groups in total. The second kappa shape index (κ2) is 8.21. The van der Waals surface area contributed by atoms with Gasteiger partial charge < -0.3 is 16.8 Å². The van der Waals surface area contributed by atoms with Gasteiger partial charge in [-0.2, -0.15) is 21.6 Å². The van der Waals surface area contributed by atoms with Crippen molar-refractivity contribution < 1.29 is 26.1 Å². The molecule has 0 amide bonds. The Morgan fingerprint density at radius 3 is 2.33 bits per heavy atom. The molecule has 122 valence electrons. The molecule has 0 saturated carbocycles. The van der Waals surface area contributed by atoms with E-state index in [1.807, 2.05) is 6.26 Å². The Kier molecular flexibility index (Phi) is 7.70. The largest absolute Gasteiger partial charge is 0.522 e. The number of thioether (sulfide) groups is 1. The molecule has 1 rings (SSSR count). The number of nitrogens with one attached hydrogen (secondary N) is 1. The maximum atomic E-state index is 10.7. The highest BCUT2D eigenvalue weighted by molar-refractivity contribution is 7.98. The minimum atomic E-state index is -5.84. The summed E-state index contributed by atoms with van der Waals surface area (Å²) in [7, 11) is -5.84. The standard InChI is InChI=1S/C7H13N5S.CHF3O3S/c1-13-7-11-5(9)4-6(12-7)10-3-2-8;2-1(3,4)8(5,6)7/h4H,2-3,8H2,1H3,(H3,9,10,11,12);(H,5,6,7). The molecule has 0 aromatic carbocycles. The fourth-order valence-electron chi connectivity index (χ4n) is 0.825. The second-order valence-electron chi connectivity index (χ2n) is 3.30. The maximum Gasteiger partial charge on any atom is 0.522 e. The zero-order valence-electron chi connectivity index (χ0n) is 10.8. The first-order chi connectivity index (χ1) is 9.51. The van der Waals surface area contributed by atoms with Crippen molar-refractivity contribution in [2.75, 3.05) is 30.4 Å². The summed E-state index contributed by atoms with van der Waals surface area (Å²) in [6.07, 6.45) is 1.90. The number of nitrogens with two attached hydrogens (primary N) is 2. The van der Waals surface area contributed by atoms with Crippen LogP contribution >= 0.6 is 11.8 Å². The molecular weight excluding hydrogens is 335 g/mol. The highest BCUT2D eigenvalue weighted by Gasteiger charge is 2.44. The van der Waals surface area contributed by atoms with Crippen LogP contribution in [0.2, 0.25) is 0 Å². The molecule has 0 aliphatic heterocycles. The minimum absolute atomic E-state index is 0.471. The average Bonchev–Trinajstić information content (AvgIpc) is 2.34. The third-order valence-corrected chi connectivity index (χ3v) is 2.78. The summed E-state index contributed by atoms with van der Waals surface area (Å²) in [5.74, 6) is 1.20. The molecule has 0 bridgehead atoms. The number of anilines is 2. The van der Waals surface area contributed by atoms with E-state index in [9.17, 15) is 13.2 Å². The van der Waals surface area contributed by atoms with Gasteiger partial charge in [0.25, 0.3) is 0 Å². The first-order valence-corrected chi connectivity index (χ1v) is 7.84. The van der Waals surface area contributed by atoms with Crippen molar-refractivity contribution in [2.24, 2.45) is 5.73 Å². The Morgan fingerprint density at radius 1 is 1.43 bits per heavy atom. The SMILES string of the molecule is CSc1nc(N)cc(NCCN)n1.O=S(=O)(O)C(F)(F)F. The lowest BCUT2D eigenvalue weighted by molar-refractivity contribution is -0.0510. The first-order valence-electron chi connectivity index (χ1n) is 5.17. The Balaban J connectivity index is 0.000000433. The molecule has 1 aromatic heterocycles. The zero-order valence-corrected chi connectivity index (χ0v) is 12.4. The summed E-state index contributed by atoms with van der Waals surface area (Å²) >= 11 is 1.46. The van der Waals surface area contributed by atoms with E-state index in [2.05, 4.69) is 15.3 Å². The number of alkyl halides is 3. The number of halogens is 3. The molecule has 0 unspecified atom stereocenters. The molecule has 0 saturated heterocycles. The van der Waals surface area contributed by atoms with E-state index in [0.717, 1.165) is 5.82 Å². The van der Waals surface area contributed by atoms with Crippen molar-refractivity contribution in [2.45, 2.75) is 10.7 Å². The van der Waals surface area contributed by atoms with E-state index < -0.39 is 15.6 Å². The van der Waals surface area contributed by atoms with Gasteiger partial charge in [0.05, 0.1) is 0 Å². The van der Waals surface area contributed by atoms with Gasteiger partial charge >= 0.3 is 15.6 Å². The Morgan fingerprint density at radius 2 is 1.95 bits per heavy atom. The third kappa shape index (κ3) is 7.89. The van der Waals surface area contributed by atoms with Crippen LogP contribution in [0.5, 0.6) is 0 Å². The van der Waals surface area contributed by atoms with Gasteiger partial charge in [-0.25, -0.2) is 9.97 Å². The lowest BCUT2D eigenvalue weighted by Crippen LogP contribution is -2.21. The van der Waals surface area contributed by atoms with Crippen molar-refractivity contribution in [3.8, 4) is 0 Å². The van der Waals surface area contributed by atoms with E-state index >= 15 is 0 Å². The topological polar surface area (TPSA) is 144 Å². The highest BCUT2D eigenvalue weighted by Crippen LogP contribution is 2.20. The first kappa shape index (κ1) is 19.7. The molecule has 0 spiro atoms. The third-order valence-electron chi connectivity index (χ3n) is 1.65. The Hall–Kier alpha value is -1.31. The molecule has 0 atom stereocenters. The van der Waals surface area contributed by atoms with Gasteiger partial charge in [-0.1, -0.05) is 11.8 Å². The predicted octanol–water partition coefficient (Wildman–Crippen LogP) is 0.545. The molecule has 8 nitrogen and oxygen atoms in total. The van der Waals surface area contributed by atoms with Crippen molar-refractivity contribution in [3.05, 3.63) is 6.07 Å². The summed E-state index contributed by atoms with van der Waals surface area (Å²) in [5.41, 5.74) is 5.38. The molecule has 13 heteroatoms. The van der Waals surface area contributed by atoms with Gasteiger partial charge in [-0.15, -0.1) is 0 Å². The number of aromatic nitrogens is 2. The smallest absolute Gasteiger partial charge is 0.383 e. The van der Waals surface area contributed by atoms with Gasteiger partial charge in [0.15, 0.2) is 5.16 Å². The summed E-state index contributed by atoms with van der Waals surface area (Å²) in [6.45, 7) is 1.25. The number of nitrogen functional groups attached to an aromatic ring is 1. The summed E-state index contributed by atoms with van der Waals surface area (Å²) in [5, 5.41) is 3.71. The van der Waals surface area contributed by atoms with E-state index in [-0.39, 0.29) is 0 Å². The lowest BCUT2D eigenvalue weighted by atomic mass is 10.5. The normalized spacial score (nSPS) is 11.5. The summed E-state index contributed by atoms with van der Waals surface area (Å²) in [4.78, 5) is 8.21. The summed E-state index contributed by atoms with van der Waals surface area (Å²) in [6, 6.07) is 1.69. The molecule has 0 radical (unpaired) electrons. The van der Waals surface area contributed by atoms with Gasteiger partial charge in [0.1, 0.15) is 11.6 Å².